The third kappa shape index (κ3) is 6.81. The first-order valence-electron chi connectivity index (χ1n) is 12.8. The Kier molecular flexibility index (Phi) is 9.22. The molecular weight excluding hydrogens is 568 g/mol. The van der Waals surface area contributed by atoms with Crippen LogP contribution in [0.5, 0.6) is 11.5 Å². The lowest BCUT2D eigenvalue weighted by Crippen LogP contribution is -2.44. The number of halogens is 5. The highest BCUT2D eigenvalue weighted by atomic mass is 35.5. The van der Waals surface area contributed by atoms with Crippen LogP contribution in [0.3, 0.4) is 0 Å². The fraction of sp³-hybridized carbons (Fsp3) is 0.379. The van der Waals surface area contributed by atoms with Gasteiger partial charge in [0.1, 0.15) is 12.4 Å². The largest absolute Gasteiger partial charge is 0.493 e. The Balaban J connectivity index is 1.66. The van der Waals surface area contributed by atoms with Gasteiger partial charge in [0.25, 0.3) is 0 Å². The van der Waals surface area contributed by atoms with Gasteiger partial charge in [0.15, 0.2) is 17.3 Å². The van der Waals surface area contributed by atoms with Crippen LogP contribution >= 0.6 is 11.6 Å². The van der Waals surface area contributed by atoms with Crippen molar-refractivity contribution in [3.05, 3.63) is 76.2 Å². The van der Waals surface area contributed by atoms with Crippen molar-refractivity contribution in [2.24, 2.45) is 0 Å². The summed E-state index contributed by atoms with van der Waals surface area (Å²) >= 11 is 5.90. The van der Waals surface area contributed by atoms with Gasteiger partial charge < -0.3 is 25.0 Å². The average molecular weight is 597 g/mol. The number of pyridine rings is 1. The summed E-state index contributed by atoms with van der Waals surface area (Å²) in [5.74, 6) is -1.07. The summed E-state index contributed by atoms with van der Waals surface area (Å²) in [6.45, 7) is 2.54. The van der Waals surface area contributed by atoms with Crippen LogP contribution in [0.25, 0.3) is 11.3 Å². The van der Waals surface area contributed by atoms with E-state index in [1.807, 2.05) is 0 Å². The summed E-state index contributed by atoms with van der Waals surface area (Å²) in [6.07, 6.45) is -7.60. The number of rotatable bonds is 11. The maximum atomic E-state index is 14.5. The van der Waals surface area contributed by atoms with Gasteiger partial charge >= 0.3 is 6.18 Å². The van der Waals surface area contributed by atoms with E-state index >= 15 is 0 Å². The Labute approximate surface area is 239 Å². The molecule has 1 aromatic heterocycles. The number of aliphatic hydroxyl groups is 2. The number of alkyl halides is 3. The number of nitrogens with zero attached hydrogens (tertiary/aromatic N) is 1. The van der Waals surface area contributed by atoms with E-state index in [4.69, 9.17) is 21.1 Å². The molecule has 7 nitrogen and oxygen atoms in total. The summed E-state index contributed by atoms with van der Waals surface area (Å²) in [6, 6.07) is 10.6. The van der Waals surface area contributed by atoms with Crippen molar-refractivity contribution in [3.63, 3.8) is 0 Å². The molecule has 3 aromatic rings. The number of benzene rings is 2. The second kappa shape index (κ2) is 12.3. The Morgan fingerprint density at radius 1 is 1.15 bits per heavy atom. The molecule has 0 radical (unpaired) electrons. The van der Waals surface area contributed by atoms with Gasteiger partial charge in [-0.1, -0.05) is 11.6 Å². The molecule has 41 heavy (non-hydrogen) atoms. The van der Waals surface area contributed by atoms with Gasteiger partial charge in [0.05, 0.1) is 29.6 Å². The number of carbonyl (C=O) groups is 1. The van der Waals surface area contributed by atoms with E-state index in [1.54, 1.807) is 6.07 Å². The standard InChI is InChI=1S/C29H29ClF4N2O5/c1-16(37)15-41-25-6-4-18(11-26(25)40-2)24(38)7-8-28(39,29(32,33)34)27-12-19(20-13-35-14-20)10-23(36-27)17-3-5-22(31)21(30)9-17/h3-6,9-12,16,20,35,37,39H,7-8,13-15H2,1-2H3/t16-,28?/m1/s1. The van der Waals surface area contributed by atoms with Crippen LogP contribution in [0, 0.1) is 5.82 Å². The maximum Gasteiger partial charge on any atom is 0.422 e. The zero-order valence-corrected chi connectivity index (χ0v) is 23.0. The molecule has 2 aromatic carbocycles. The molecule has 3 N–H and O–H groups in total. The molecule has 2 atom stereocenters. The van der Waals surface area contributed by atoms with Crippen molar-refractivity contribution >= 4 is 17.4 Å². The van der Waals surface area contributed by atoms with Crippen LogP contribution in [0.2, 0.25) is 5.02 Å². The molecule has 2 heterocycles. The van der Waals surface area contributed by atoms with E-state index in [-0.39, 0.29) is 45.9 Å². The molecule has 1 saturated heterocycles. The van der Waals surface area contributed by atoms with Crippen molar-refractivity contribution in [2.45, 2.75) is 43.6 Å². The van der Waals surface area contributed by atoms with Crippen LogP contribution in [-0.2, 0) is 5.60 Å². The second-order valence-corrected chi connectivity index (χ2v) is 10.4. The minimum Gasteiger partial charge on any atom is -0.493 e. The topological polar surface area (TPSA) is 101 Å². The van der Waals surface area contributed by atoms with Crippen LogP contribution in [0.4, 0.5) is 17.6 Å². The highest BCUT2D eigenvalue weighted by molar-refractivity contribution is 6.31. The first-order chi connectivity index (χ1) is 19.3. The number of hydrogen-bond acceptors (Lipinski definition) is 7. The molecule has 220 valence electrons. The Bertz CT molecular complexity index is 1410. The molecule has 0 bridgehead atoms. The van der Waals surface area contributed by atoms with E-state index in [0.29, 0.717) is 18.7 Å². The number of Topliss-reactive ketones (excluding diaryl/α,β-unsaturated/α-hetero) is 1. The fourth-order valence-corrected chi connectivity index (χ4v) is 4.53. The van der Waals surface area contributed by atoms with Crippen LogP contribution < -0.4 is 14.8 Å². The predicted octanol–water partition coefficient (Wildman–Crippen LogP) is 5.41. The fourth-order valence-electron chi connectivity index (χ4n) is 4.35. The molecule has 0 spiro atoms. The Morgan fingerprint density at radius 2 is 1.88 bits per heavy atom. The van der Waals surface area contributed by atoms with Gasteiger partial charge in [-0.2, -0.15) is 13.2 Å². The first-order valence-corrected chi connectivity index (χ1v) is 13.2. The monoisotopic (exact) mass is 596 g/mol. The lowest BCUT2D eigenvalue weighted by molar-refractivity contribution is -0.270. The third-order valence-electron chi connectivity index (χ3n) is 6.89. The Hall–Kier alpha value is -3.25. The first kappa shape index (κ1) is 30.7. The summed E-state index contributed by atoms with van der Waals surface area (Å²) in [5.41, 5.74) is -3.21. The third-order valence-corrected chi connectivity index (χ3v) is 7.18. The van der Waals surface area contributed by atoms with Gasteiger partial charge in [0.2, 0.25) is 5.60 Å². The zero-order chi connectivity index (χ0) is 29.9. The highest BCUT2D eigenvalue weighted by Gasteiger charge is 2.56. The molecule has 0 saturated carbocycles. The summed E-state index contributed by atoms with van der Waals surface area (Å²) in [4.78, 5) is 17.1. The normalized spacial score (nSPS) is 16.0. The number of carbonyl (C=O) groups excluding carboxylic acids is 1. The lowest BCUT2D eigenvalue weighted by atomic mass is 9.86. The lowest BCUT2D eigenvalue weighted by Gasteiger charge is -2.33. The van der Waals surface area contributed by atoms with Crippen LogP contribution in [-0.4, -0.2) is 60.1 Å². The van der Waals surface area contributed by atoms with E-state index in [9.17, 15) is 32.6 Å². The van der Waals surface area contributed by atoms with E-state index < -0.39 is 48.0 Å². The summed E-state index contributed by atoms with van der Waals surface area (Å²) in [5, 5.41) is 23.4. The minimum absolute atomic E-state index is 0.0304. The number of ether oxygens (including phenoxy) is 2. The van der Waals surface area contributed by atoms with Crippen LogP contribution in [0.15, 0.2) is 48.5 Å². The maximum absolute atomic E-state index is 14.5. The van der Waals surface area contributed by atoms with Gasteiger partial charge in [-0.3, -0.25) is 4.79 Å². The summed E-state index contributed by atoms with van der Waals surface area (Å²) in [7, 11) is 1.34. The molecule has 1 aliphatic rings. The average Bonchev–Trinajstić information content (AvgIpc) is 2.89. The highest BCUT2D eigenvalue weighted by Crippen LogP contribution is 2.44. The number of hydrogen-bond donors (Lipinski definition) is 3. The van der Waals surface area contributed by atoms with Crippen molar-refractivity contribution in [1.29, 1.82) is 0 Å². The quantitative estimate of drug-likeness (QED) is 0.201. The predicted molar refractivity (Wildman–Crippen MR) is 144 cm³/mol. The molecule has 0 aliphatic carbocycles. The number of methoxy groups -OCH3 is 1. The molecule has 1 unspecified atom stereocenters. The molecule has 1 aliphatic heterocycles. The van der Waals surface area contributed by atoms with Crippen molar-refractivity contribution < 1.29 is 42.0 Å². The minimum atomic E-state index is -5.18. The molecule has 0 amide bonds. The van der Waals surface area contributed by atoms with E-state index in [2.05, 4.69) is 10.3 Å². The van der Waals surface area contributed by atoms with E-state index in [0.717, 1.165) is 6.07 Å². The van der Waals surface area contributed by atoms with Crippen molar-refractivity contribution in [1.82, 2.24) is 10.3 Å². The van der Waals surface area contributed by atoms with E-state index in [1.165, 1.54) is 50.4 Å². The zero-order valence-electron chi connectivity index (χ0n) is 22.3. The van der Waals surface area contributed by atoms with Crippen LogP contribution in [0.1, 0.15) is 47.3 Å². The summed E-state index contributed by atoms with van der Waals surface area (Å²) < 4.78 is 67.9. The van der Waals surface area contributed by atoms with Gasteiger partial charge in [-0.15, -0.1) is 0 Å². The molecule has 12 heteroatoms. The second-order valence-electron chi connectivity index (χ2n) is 9.96. The van der Waals surface area contributed by atoms with Gasteiger partial charge in [0, 0.05) is 36.6 Å². The van der Waals surface area contributed by atoms with Crippen molar-refractivity contribution in [2.75, 3.05) is 26.8 Å². The number of aromatic nitrogens is 1. The van der Waals surface area contributed by atoms with Gasteiger partial charge in [-0.25, -0.2) is 9.37 Å². The molecule has 1 fully saturated rings. The number of ketones is 1. The molecule has 4 rings (SSSR count). The Morgan fingerprint density at radius 3 is 2.46 bits per heavy atom. The number of nitrogens with one attached hydrogen (secondary N) is 1. The van der Waals surface area contributed by atoms with Crippen molar-refractivity contribution in [3.8, 4) is 22.8 Å². The SMILES string of the molecule is COc1cc(C(=O)CCC(O)(c2cc(C3CNC3)cc(-c3ccc(F)c(Cl)c3)n2)C(F)(F)F)ccc1OC[C@@H](C)O. The van der Waals surface area contributed by atoms with Gasteiger partial charge in [-0.05, 0) is 67.4 Å². The smallest absolute Gasteiger partial charge is 0.422 e. The molecular formula is C29H29ClF4N2O5. The number of aliphatic hydroxyl groups excluding tert-OH is 1.